The predicted molar refractivity (Wildman–Crippen MR) is 73.0 cm³/mol. The van der Waals surface area contributed by atoms with Gasteiger partial charge in [0.2, 0.25) is 0 Å². The molecule has 18 heavy (non-hydrogen) atoms. The Kier molecular flexibility index (Phi) is 6.91. The van der Waals surface area contributed by atoms with E-state index < -0.39 is 0 Å². The fourth-order valence-electron chi connectivity index (χ4n) is 2.07. The number of aliphatic hydroxyl groups is 1. The van der Waals surface area contributed by atoms with E-state index >= 15 is 0 Å². The average molecular weight is 253 g/mol. The number of nitrogens with one attached hydrogen (secondary N) is 1. The highest BCUT2D eigenvalue weighted by molar-refractivity contribution is 5.20. The van der Waals surface area contributed by atoms with E-state index in [-0.39, 0.29) is 24.5 Å². The van der Waals surface area contributed by atoms with Crippen LogP contribution >= 0.6 is 0 Å². The number of rotatable bonds is 8. The van der Waals surface area contributed by atoms with Crippen LogP contribution in [0, 0.1) is 5.82 Å². The molecule has 102 valence electrons. The highest BCUT2D eigenvalue weighted by Gasteiger charge is 2.13. The van der Waals surface area contributed by atoms with Crippen molar-refractivity contribution in [1.82, 2.24) is 5.32 Å². The summed E-state index contributed by atoms with van der Waals surface area (Å²) in [4.78, 5) is 0. The van der Waals surface area contributed by atoms with Crippen LogP contribution in [0.2, 0.25) is 0 Å². The van der Waals surface area contributed by atoms with Crippen LogP contribution in [-0.4, -0.2) is 17.8 Å². The Morgan fingerprint density at radius 2 is 1.89 bits per heavy atom. The van der Waals surface area contributed by atoms with Crippen LogP contribution in [-0.2, 0) is 0 Å². The zero-order valence-electron chi connectivity index (χ0n) is 11.3. The summed E-state index contributed by atoms with van der Waals surface area (Å²) >= 11 is 0. The van der Waals surface area contributed by atoms with Gasteiger partial charge >= 0.3 is 0 Å². The Labute approximate surface area is 109 Å². The van der Waals surface area contributed by atoms with Crippen molar-refractivity contribution in [2.45, 2.75) is 51.6 Å². The lowest BCUT2D eigenvalue weighted by molar-refractivity contribution is 0.261. The molecule has 2 unspecified atom stereocenters. The van der Waals surface area contributed by atoms with Crippen molar-refractivity contribution < 1.29 is 9.50 Å². The first-order valence-corrected chi connectivity index (χ1v) is 6.79. The smallest absolute Gasteiger partial charge is 0.123 e. The van der Waals surface area contributed by atoms with Crippen molar-refractivity contribution in [3.8, 4) is 0 Å². The van der Waals surface area contributed by atoms with Gasteiger partial charge in [0.1, 0.15) is 5.82 Å². The second-order valence-electron chi connectivity index (χ2n) is 4.83. The number of aliphatic hydroxyl groups excluding tert-OH is 1. The summed E-state index contributed by atoms with van der Waals surface area (Å²) in [6.07, 6.45) is 4.07. The van der Waals surface area contributed by atoms with Gasteiger partial charge in [0.15, 0.2) is 0 Å². The third-order valence-corrected chi connectivity index (χ3v) is 3.17. The molecule has 0 aliphatic heterocycles. The summed E-state index contributed by atoms with van der Waals surface area (Å²) in [5, 5.41) is 12.4. The van der Waals surface area contributed by atoms with E-state index in [1.165, 1.54) is 12.1 Å². The van der Waals surface area contributed by atoms with E-state index in [9.17, 15) is 4.39 Å². The maximum Gasteiger partial charge on any atom is 0.123 e. The minimum Gasteiger partial charge on any atom is -0.396 e. The molecule has 0 fully saturated rings. The second-order valence-corrected chi connectivity index (χ2v) is 4.83. The van der Waals surface area contributed by atoms with Crippen LogP contribution in [0.1, 0.15) is 51.1 Å². The molecule has 0 aromatic heterocycles. The van der Waals surface area contributed by atoms with Crippen LogP contribution in [0.4, 0.5) is 4.39 Å². The molecule has 2 nitrogen and oxygen atoms in total. The SMILES string of the molecule is CCCCC(NC(C)CCO)c1ccc(F)cc1. The highest BCUT2D eigenvalue weighted by Crippen LogP contribution is 2.20. The van der Waals surface area contributed by atoms with Gasteiger partial charge in [0, 0.05) is 18.7 Å². The molecule has 2 N–H and O–H groups in total. The Bertz CT molecular complexity index is 326. The molecule has 1 rings (SSSR count). The number of hydrogen-bond acceptors (Lipinski definition) is 2. The van der Waals surface area contributed by atoms with Gasteiger partial charge in [-0.25, -0.2) is 4.39 Å². The lowest BCUT2D eigenvalue weighted by atomic mass is 10.00. The number of benzene rings is 1. The summed E-state index contributed by atoms with van der Waals surface area (Å²) in [6.45, 7) is 4.43. The summed E-state index contributed by atoms with van der Waals surface area (Å²) in [6, 6.07) is 7.20. The first-order valence-electron chi connectivity index (χ1n) is 6.79. The van der Waals surface area contributed by atoms with Crippen molar-refractivity contribution in [2.75, 3.05) is 6.61 Å². The molecule has 0 saturated heterocycles. The molecule has 0 heterocycles. The third kappa shape index (κ3) is 5.15. The molecule has 0 spiro atoms. The molecule has 0 radical (unpaired) electrons. The summed E-state index contributed by atoms with van der Waals surface area (Å²) in [7, 11) is 0. The van der Waals surface area contributed by atoms with Crippen molar-refractivity contribution in [1.29, 1.82) is 0 Å². The van der Waals surface area contributed by atoms with E-state index in [2.05, 4.69) is 19.2 Å². The van der Waals surface area contributed by atoms with E-state index in [0.717, 1.165) is 31.2 Å². The van der Waals surface area contributed by atoms with E-state index in [0.29, 0.717) is 0 Å². The number of hydrogen-bond donors (Lipinski definition) is 2. The van der Waals surface area contributed by atoms with Crippen LogP contribution in [0.15, 0.2) is 24.3 Å². The average Bonchev–Trinajstić information content (AvgIpc) is 2.36. The second kappa shape index (κ2) is 8.22. The van der Waals surface area contributed by atoms with Gasteiger partial charge in [0.25, 0.3) is 0 Å². The summed E-state index contributed by atoms with van der Waals surface area (Å²) in [5.41, 5.74) is 1.12. The van der Waals surface area contributed by atoms with E-state index in [1.54, 1.807) is 0 Å². The third-order valence-electron chi connectivity index (χ3n) is 3.17. The molecular formula is C15H24FNO. The van der Waals surface area contributed by atoms with Gasteiger partial charge in [-0.15, -0.1) is 0 Å². The van der Waals surface area contributed by atoms with Gasteiger partial charge < -0.3 is 10.4 Å². The molecule has 0 bridgehead atoms. The molecule has 0 aliphatic carbocycles. The Hall–Kier alpha value is -0.930. The van der Waals surface area contributed by atoms with Crippen molar-refractivity contribution in [2.24, 2.45) is 0 Å². The zero-order chi connectivity index (χ0) is 13.4. The molecule has 0 amide bonds. The van der Waals surface area contributed by atoms with Gasteiger partial charge in [-0.2, -0.15) is 0 Å². The Morgan fingerprint density at radius 1 is 1.22 bits per heavy atom. The summed E-state index contributed by atoms with van der Waals surface area (Å²) in [5.74, 6) is -0.198. The van der Waals surface area contributed by atoms with Gasteiger partial charge in [-0.3, -0.25) is 0 Å². The molecule has 1 aromatic rings. The Balaban J connectivity index is 2.67. The van der Waals surface area contributed by atoms with Gasteiger partial charge in [0.05, 0.1) is 0 Å². The van der Waals surface area contributed by atoms with Crippen molar-refractivity contribution in [3.05, 3.63) is 35.6 Å². The first kappa shape index (κ1) is 15.1. The molecule has 0 aliphatic rings. The maximum absolute atomic E-state index is 12.9. The topological polar surface area (TPSA) is 32.3 Å². The zero-order valence-corrected chi connectivity index (χ0v) is 11.3. The molecule has 1 aromatic carbocycles. The molecular weight excluding hydrogens is 229 g/mol. The normalized spacial score (nSPS) is 14.4. The fraction of sp³-hybridized carbons (Fsp3) is 0.600. The van der Waals surface area contributed by atoms with Gasteiger partial charge in [-0.05, 0) is 37.5 Å². The summed E-state index contributed by atoms with van der Waals surface area (Å²) < 4.78 is 12.9. The molecule has 2 atom stereocenters. The van der Waals surface area contributed by atoms with Crippen LogP contribution in [0.3, 0.4) is 0 Å². The van der Waals surface area contributed by atoms with Crippen molar-refractivity contribution >= 4 is 0 Å². The Morgan fingerprint density at radius 3 is 2.44 bits per heavy atom. The number of halogens is 1. The number of unbranched alkanes of at least 4 members (excludes halogenated alkanes) is 1. The fourth-order valence-corrected chi connectivity index (χ4v) is 2.07. The molecule has 3 heteroatoms. The first-order chi connectivity index (χ1) is 8.67. The van der Waals surface area contributed by atoms with Crippen molar-refractivity contribution in [3.63, 3.8) is 0 Å². The van der Waals surface area contributed by atoms with E-state index in [1.807, 2.05) is 12.1 Å². The largest absolute Gasteiger partial charge is 0.396 e. The lowest BCUT2D eigenvalue weighted by Crippen LogP contribution is -2.31. The monoisotopic (exact) mass is 253 g/mol. The van der Waals surface area contributed by atoms with Crippen LogP contribution in [0.5, 0.6) is 0 Å². The lowest BCUT2D eigenvalue weighted by Gasteiger charge is -2.23. The molecule has 0 saturated carbocycles. The standard InChI is InChI=1S/C15H24FNO/c1-3-4-5-15(17-12(2)10-11-18)13-6-8-14(16)9-7-13/h6-9,12,15,17-18H,3-5,10-11H2,1-2H3. The van der Waals surface area contributed by atoms with E-state index in [4.69, 9.17) is 5.11 Å². The quantitative estimate of drug-likeness (QED) is 0.744. The van der Waals surface area contributed by atoms with Crippen LogP contribution in [0.25, 0.3) is 0 Å². The minimum absolute atomic E-state index is 0.193. The maximum atomic E-state index is 12.9. The predicted octanol–water partition coefficient (Wildman–Crippen LogP) is 3.42. The van der Waals surface area contributed by atoms with Gasteiger partial charge in [-0.1, -0.05) is 31.9 Å². The van der Waals surface area contributed by atoms with Crippen LogP contribution < -0.4 is 5.32 Å². The minimum atomic E-state index is -0.198. The highest BCUT2D eigenvalue weighted by atomic mass is 19.1.